The molecule has 5 nitrogen and oxygen atoms in total. The lowest BCUT2D eigenvalue weighted by Gasteiger charge is -2.17. The Hall–Kier alpha value is -3.47. The Morgan fingerprint density at radius 1 is 0.966 bits per heavy atom. The predicted molar refractivity (Wildman–Crippen MR) is 113 cm³/mol. The van der Waals surface area contributed by atoms with Gasteiger partial charge in [0.25, 0.3) is 5.91 Å². The van der Waals surface area contributed by atoms with Gasteiger partial charge in [0.05, 0.1) is 0 Å². The third-order valence-electron chi connectivity index (χ3n) is 5.19. The molecule has 0 fully saturated rings. The van der Waals surface area contributed by atoms with Crippen molar-refractivity contribution in [2.75, 3.05) is 11.4 Å². The zero-order valence-electron chi connectivity index (χ0n) is 16.2. The molecule has 2 amide bonds. The van der Waals surface area contributed by atoms with Gasteiger partial charge in [0.15, 0.2) is 0 Å². The lowest BCUT2D eigenvalue weighted by molar-refractivity contribution is -0.121. The SMILES string of the molecule is O=C(CCc1ccccc1)NCc1ccc2c(c1)CCN2C(=O)c1ccncc1. The van der Waals surface area contributed by atoms with Crippen molar-refractivity contribution in [1.29, 1.82) is 0 Å². The summed E-state index contributed by atoms with van der Waals surface area (Å²) in [4.78, 5) is 30.7. The molecule has 0 radical (unpaired) electrons. The van der Waals surface area contributed by atoms with Gasteiger partial charge in [0, 0.05) is 43.2 Å². The molecule has 4 rings (SSSR count). The molecule has 29 heavy (non-hydrogen) atoms. The topological polar surface area (TPSA) is 62.3 Å². The number of aromatic nitrogens is 1. The molecule has 1 aliphatic heterocycles. The van der Waals surface area contributed by atoms with Crippen LogP contribution < -0.4 is 10.2 Å². The number of anilines is 1. The minimum absolute atomic E-state index is 0.00638. The molecule has 0 unspecified atom stereocenters. The number of benzene rings is 2. The fourth-order valence-electron chi connectivity index (χ4n) is 3.62. The second-order valence-corrected chi connectivity index (χ2v) is 7.17. The van der Waals surface area contributed by atoms with Crippen molar-refractivity contribution in [2.24, 2.45) is 0 Å². The van der Waals surface area contributed by atoms with E-state index in [1.807, 2.05) is 47.4 Å². The highest BCUT2D eigenvalue weighted by Gasteiger charge is 2.25. The van der Waals surface area contributed by atoms with Gasteiger partial charge in [0.1, 0.15) is 0 Å². The van der Waals surface area contributed by atoms with Crippen LogP contribution in [0.1, 0.15) is 33.5 Å². The van der Waals surface area contributed by atoms with Crippen molar-refractivity contribution in [1.82, 2.24) is 10.3 Å². The highest BCUT2D eigenvalue weighted by molar-refractivity contribution is 6.07. The van der Waals surface area contributed by atoms with Gasteiger partial charge in [-0.1, -0.05) is 42.5 Å². The number of pyridine rings is 1. The fraction of sp³-hybridized carbons (Fsp3) is 0.208. The largest absolute Gasteiger partial charge is 0.352 e. The number of rotatable bonds is 6. The second kappa shape index (κ2) is 8.69. The molecule has 1 aromatic heterocycles. The summed E-state index contributed by atoms with van der Waals surface area (Å²) in [6.07, 6.45) is 5.30. The van der Waals surface area contributed by atoms with E-state index in [9.17, 15) is 9.59 Å². The van der Waals surface area contributed by atoms with Crippen LogP contribution >= 0.6 is 0 Å². The van der Waals surface area contributed by atoms with Gasteiger partial charge in [-0.05, 0) is 47.7 Å². The van der Waals surface area contributed by atoms with Crippen molar-refractivity contribution in [3.05, 3.63) is 95.3 Å². The van der Waals surface area contributed by atoms with Crippen LogP contribution in [-0.4, -0.2) is 23.3 Å². The Labute approximate surface area is 170 Å². The van der Waals surface area contributed by atoms with Crippen LogP contribution in [0.5, 0.6) is 0 Å². The maximum Gasteiger partial charge on any atom is 0.258 e. The van der Waals surface area contributed by atoms with Crippen molar-refractivity contribution < 1.29 is 9.59 Å². The van der Waals surface area contributed by atoms with Crippen LogP contribution in [-0.2, 0) is 24.2 Å². The van der Waals surface area contributed by atoms with E-state index in [0.717, 1.165) is 29.7 Å². The number of nitrogens with zero attached hydrogens (tertiary/aromatic N) is 2. The van der Waals surface area contributed by atoms with E-state index in [1.54, 1.807) is 24.5 Å². The number of fused-ring (bicyclic) bond motifs is 1. The molecule has 0 bridgehead atoms. The van der Waals surface area contributed by atoms with Crippen molar-refractivity contribution in [2.45, 2.75) is 25.8 Å². The van der Waals surface area contributed by atoms with Crippen molar-refractivity contribution in [3.8, 4) is 0 Å². The molecule has 5 heteroatoms. The summed E-state index contributed by atoms with van der Waals surface area (Å²) in [5, 5.41) is 2.99. The minimum Gasteiger partial charge on any atom is -0.352 e. The van der Waals surface area contributed by atoms with E-state index >= 15 is 0 Å². The first kappa shape index (κ1) is 18.9. The van der Waals surface area contributed by atoms with E-state index in [1.165, 1.54) is 5.56 Å². The molecule has 3 aromatic rings. The fourth-order valence-corrected chi connectivity index (χ4v) is 3.62. The second-order valence-electron chi connectivity index (χ2n) is 7.17. The maximum absolute atomic E-state index is 12.7. The number of hydrogen-bond acceptors (Lipinski definition) is 3. The van der Waals surface area contributed by atoms with E-state index in [0.29, 0.717) is 25.1 Å². The molecule has 0 aliphatic carbocycles. The van der Waals surface area contributed by atoms with Crippen LogP contribution in [0.25, 0.3) is 0 Å². The number of amides is 2. The summed E-state index contributed by atoms with van der Waals surface area (Å²) in [5.74, 6) is 0.0388. The van der Waals surface area contributed by atoms with Gasteiger partial charge in [-0.3, -0.25) is 14.6 Å². The summed E-state index contributed by atoms with van der Waals surface area (Å²) in [5.41, 5.74) is 4.95. The monoisotopic (exact) mass is 385 g/mol. The molecule has 0 spiro atoms. The van der Waals surface area contributed by atoms with Crippen molar-refractivity contribution in [3.63, 3.8) is 0 Å². The Balaban J connectivity index is 1.34. The third kappa shape index (κ3) is 4.51. The number of carbonyl (C=O) groups is 2. The smallest absolute Gasteiger partial charge is 0.258 e. The summed E-state index contributed by atoms with van der Waals surface area (Å²) >= 11 is 0. The maximum atomic E-state index is 12.7. The molecule has 2 heterocycles. The van der Waals surface area contributed by atoms with E-state index < -0.39 is 0 Å². The molecule has 1 N–H and O–H groups in total. The molecule has 2 aromatic carbocycles. The molecular weight excluding hydrogens is 362 g/mol. The van der Waals surface area contributed by atoms with E-state index in [-0.39, 0.29) is 11.8 Å². The zero-order chi connectivity index (χ0) is 20.1. The summed E-state index contributed by atoms with van der Waals surface area (Å²) in [6, 6.07) is 19.5. The van der Waals surface area contributed by atoms with Crippen molar-refractivity contribution >= 4 is 17.5 Å². The average molecular weight is 385 g/mol. The Kier molecular flexibility index (Phi) is 5.66. The zero-order valence-corrected chi connectivity index (χ0v) is 16.2. The van der Waals surface area contributed by atoms with E-state index in [4.69, 9.17) is 0 Å². The highest BCUT2D eigenvalue weighted by atomic mass is 16.2. The average Bonchev–Trinajstić information content (AvgIpc) is 3.20. The van der Waals surface area contributed by atoms with Crippen LogP contribution in [0.15, 0.2) is 73.1 Å². The normalized spacial score (nSPS) is 12.5. The van der Waals surface area contributed by atoms with Crippen LogP contribution in [0.4, 0.5) is 5.69 Å². The van der Waals surface area contributed by atoms with Gasteiger partial charge >= 0.3 is 0 Å². The third-order valence-corrected chi connectivity index (χ3v) is 5.19. The first-order valence-electron chi connectivity index (χ1n) is 9.85. The Morgan fingerprint density at radius 3 is 2.55 bits per heavy atom. The van der Waals surface area contributed by atoms with Crippen LogP contribution in [0.3, 0.4) is 0 Å². The van der Waals surface area contributed by atoms with Crippen LogP contribution in [0.2, 0.25) is 0 Å². The standard InChI is InChI=1S/C24H23N3O2/c28-23(9-7-18-4-2-1-3-5-18)26-17-19-6-8-22-21(16-19)12-15-27(22)24(29)20-10-13-25-14-11-20/h1-6,8,10-11,13-14,16H,7,9,12,15,17H2,(H,26,28). The van der Waals surface area contributed by atoms with Gasteiger partial charge < -0.3 is 10.2 Å². The minimum atomic E-state index is -0.00638. The predicted octanol–water partition coefficient (Wildman–Crippen LogP) is 3.53. The van der Waals surface area contributed by atoms with E-state index in [2.05, 4.69) is 16.4 Å². The number of nitrogens with one attached hydrogen (secondary N) is 1. The number of hydrogen-bond donors (Lipinski definition) is 1. The summed E-state index contributed by atoms with van der Waals surface area (Å²) < 4.78 is 0. The van der Waals surface area contributed by atoms with Crippen LogP contribution in [0, 0.1) is 0 Å². The van der Waals surface area contributed by atoms with Gasteiger partial charge in [-0.15, -0.1) is 0 Å². The quantitative estimate of drug-likeness (QED) is 0.706. The molecule has 0 atom stereocenters. The lowest BCUT2D eigenvalue weighted by atomic mass is 10.1. The lowest BCUT2D eigenvalue weighted by Crippen LogP contribution is -2.28. The highest BCUT2D eigenvalue weighted by Crippen LogP contribution is 2.30. The molecule has 146 valence electrons. The first-order chi connectivity index (χ1) is 14.2. The molecular formula is C24H23N3O2. The van der Waals surface area contributed by atoms with Gasteiger partial charge in [-0.2, -0.15) is 0 Å². The molecule has 0 saturated carbocycles. The number of carbonyl (C=O) groups excluding carboxylic acids is 2. The molecule has 0 saturated heterocycles. The van der Waals surface area contributed by atoms with Gasteiger partial charge in [0.2, 0.25) is 5.91 Å². The Morgan fingerprint density at radius 2 is 1.76 bits per heavy atom. The van der Waals surface area contributed by atoms with Gasteiger partial charge in [-0.25, -0.2) is 0 Å². The first-order valence-corrected chi connectivity index (χ1v) is 9.85. The summed E-state index contributed by atoms with van der Waals surface area (Å²) in [7, 11) is 0. The Bertz CT molecular complexity index is 1000. The molecule has 1 aliphatic rings. The number of aryl methyl sites for hydroxylation is 1. The summed E-state index contributed by atoms with van der Waals surface area (Å²) in [6.45, 7) is 1.17.